The molecule has 1 aromatic rings. The highest BCUT2D eigenvalue weighted by Crippen LogP contribution is 2.25. The minimum absolute atomic E-state index is 0.0661. The maximum absolute atomic E-state index is 13.4. The summed E-state index contributed by atoms with van der Waals surface area (Å²) in [4.78, 5) is 13.8. The fourth-order valence-corrected chi connectivity index (χ4v) is 2.99. The Bertz CT molecular complexity index is 532. The van der Waals surface area contributed by atoms with Gasteiger partial charge in [-0.05, 0) is 50.5 Å². The monoisotopic (exact) mass is 293 g/mol. The van der Waals surface area contributed by atoms with E-state index in [1.54, 1.807) is 13.8 Å². The molecule has 0 saturated carbocycles. The maximum atomic E-state index is 13.4. The number of Topliss-reactive ketones (excluding diaryl/α,β-unsaturated/α-hetero) is 1. The lowest BCUT2D eigenvalue weighted by Crippen LogP contribution is -2.57. The number of halogens is 1. The minimum Gasteiger partial charge on any atom is -0.492 e. The van der Waals surface area contributed by atoms with E-state index in [-0.39, 0.29) is 5.78 Å². The van der Waals surface area contributed by atoms with Gasteiger partial charge < -0.3 is 4.74 Å². The third-order valence-corrected chi connectivity index (χ3v) is 3.96. The van der Waals surface area contributed by atoms with E-state index in [1.165, 1.54) is 0 Å². The van der Waals surface area contributed by atoms with E-state index >= 15 is 0 Å². The molecule has 0 amide bonds. The van der Waals surface area contributed by atoms with Gasteiger partial charge in [-0.25, -0.2) is 4.39 Å². The number of benzene rings is 1. The van der Waals surface area contributed by atoms with Crippen LogP contribution in [0.25, 0.3) is 0 Å². The van der Waals surface area contributed by atoms with E-state index in [2.05, 4.69) is 0 Å². The lowest BCUT2D eigenvalue weighted by molar-refractivity contribution is -0.0229. The summed E-state index contributed by atoms with van der Waals surface area (Å²) in [6.45, 7) is 9.43. The number of rotatable bonds is 6. The first kappa shape index (κ1) is 16.0. The number of hydrogen-bond acceptors (Lipinski definition) is 3. The van der Waals surface area contributed by atoms with Crippen molar-refractivity contribution >= 4 is 5.78 Å². The Morgan fingerprint density at radius 3 is 2.62 bits per heavy atom. The van der Waals surface area contributed by atoms with Crippen LogP contribution in [0.2, 0.25) is 0 Å². The molecule has 1 fully saturated rings. The molecule has 4 heteroatoms. The van der Waals surface area contributed by atoms with Crippen LogP contribution in [-0.4, -0.2) is 42.6 Å². The first-order valence-electron chi connectivity index (χ1n) is 7.51. The standard InChI is InChI=1S/C17H24FNO2/c1-5-15-12(2)8-14(9-16(15)13(3)20)21-7-6-19-10-17(4,18)11-19/h8-9H,5-7,10-11H2,1-4H3. The molecule has 0 N–H and O–H groups in total. The number of ether oxygens (including phenoxy) is 1. The number of carbonyl (C=O) groups is 1. The van der Waals surface area contributed by atoms with Crippen molar-refractivity contribution in [3.05, 3.63) is 28.8 Å². The van der Waals surface area contributed by atoms with Crippen molar-refractivity contribution in [2.45, 2.75) is 39.8 Å². The number of ketones is 1. The van der Waals surface area contributed by atoms with Gasteiger partial charge in [0.25, 0.3) is 0 Å². The van der Waals surface area contributed by atoms with E-state index in [9.17, 15) is 9.18 Å². The van der Waals surface area contributed by atoms with Crippen LogP contribution in [0.15, 0.2) is 12.1 Å². The predicted molar refractivity (Wildman–Crippen MR) is 82.0 cm³/mol. The normalized spacial score (nSPS) is 17.4. The van der Waals surface area contributed by atoms with Crippen molar-refractivity contribution in [2.75, 3.05) is 26.2 Å². The fraction of sp³-hybridized carbons (Fsp3) is 0.588. The molecule has 2 rings (SSSR count). The van der Waals surface area contributed by atoms with Gasteiger partial charge in [-0.2, -0.15) is 0 Å². The molecule has 0 unspecified atom stereocenters. The molecule has 3 nitrogen and oxygen atoms in total. The number of alkyl halides is 1. The van der Waals surface area contributed by atoms with Crippen LogP contribution in [0.3, 0.4) is 0 Å². The maximum Gasteiger partial charge on any atom is 0.160 e. The van der Waals surface area contributed by atoms with Crippen LogP contribution >= 0.6 is 0 Å². The van der Waals surface area contributed by atoms with Gasteiger partial charge in [-0.1, -0.05) is 6.92 Å². The Morgan fingerprint density at radius 2 is 2.10 bits per heavy atom. The third kappa shape index (κ3) is 3.82. The van der Waals surface area contributed by atoms with Gasteiger partial charge in [0, 0.05) is 25.2 Å². The van der Waals surface area contributed by atoms with Gasteiger partial charge >= 0.3 is 0 Å². The number of likely N-dealkylation sites (tertiary alicyclic amines) is 1. The Balaban J connectivity index is 1.96. The SMILES string of the molecule is CCc1c(C)cc(OCCN2CC(C)(F)C2)cc1C(C)=O. The van der Waals surface area contributed by atoms with Crippen molar-refractivity contribution in [3.8, 4) is 5.75 Å². The van der Waals surface area contributed by atoms with Gasteiger partial charge in [0.1, 0.15) is 18.0 Å². The summed E-state index contributed by atoms with van der Waals surface area (Å²) in [6, 6.07) is 3.80. The second kappa shape index (κ2) is 6.14. The summed E-state index contributed by atoms with van der Waals surface area (Å²) < 4.78 is 19.1. The molecule has 1 aliphatic heterocycles. The molecular weight excluding hydrogens is 269 g/mol. The third-order valence-electron chi connectivity index (χ3n) is 3.96. The number of hydrogen-bond donors (Lipinski definition) is 0. The summed E-state index contributed by atoms with van der Waals surface area (Å²) in [5.74, 6) is 0.787. The number of aryl methyl sites for hydroxylation is 1. The predicted octanol–water partition coefficient (Wildman–Crippen LogP) is 3.18. The van der Waals surface area contributed by atoms with Crippen LogP contribution in [0, 0.1) is 6.92 Å². The quantitative estimate of drug-likeness (QED) is 0.754. The summed E-state index contributed by atoms with van der Waals surface area (Å²) >= 11 is 0. The van der Waals surface area contributed by atoms with Crippen molar-refractivity contribution in [2.24, 2.45) is 0 Å². The van der Waals surface area contributed by atoms with Crippen molar-refractivity contribution in [1.82, 2.24) is 4.90 Å². The molecule has 0 atom stereocenters. The lowest BCUT2D eigenvalue weighted by Gasteiger charge is -2.42. The Hall–Kier alpha value is -1.42. The molecular formula is C17H24FNO2. The van der Waals surface area contributed by atoms with E-state index < -0.39 is 5.67 Å². The molecule has 0 aliphatic carbocycles. The van der Waals surface area contributed by atoms with E-state index in [1.807, 2.05) is 30.9 Å². The second-order valence-corrected chi connectivity index (χ2v) is 6.15. The second-order valence-electron chi connectivity index (χ2n) is 6.15. The fourth-order valence-electron chi connectivity index (χ4n) is 2.99. The average Bonchev–Trinajstić information content (AvgIpc) is 2.35. The molecule has 0 radical (unpaired) electrons. The summed E-state index contributed by atoms with van der Waals surface area (Å²) in [6.07, 6.45) is 0.837. The topological polar surface area (TPSA) is 29.5 Å². The summed E-state index contributed by atoms with van der Waals surface area (Å²) in [5.41, 5.74) is 1.88. The molecule has 0 spiro atoms. The van der Waals surface area contributed by atoms with Crippen LogP contribution < -0.4 is 4.74 Å². The Morgan fingerprint density at radius 1 is 1.43 bits per heavy atom. The van der Waals surface area contributed by atoms with Gasteiger partial charge in [0.2, 0.25) is 0 Å². The molecule has 1 saturated heterocycles. The zero-order valence-corrected chi connectivity index (χ0v) is 13.3. The van der Waals surface area contributed by atoms with Gasteiger partial charge in [-0.3, -0.25) is 9.69 Å². The molecule has 1 heterocycles. The zero-order chi connectivity index (χ0) is 15.6. The molecule has 0 bridgehead atoms. The lowest BCUT2D eigenvalue weighted by atomic mass is 9.97. The number of carbonyl (C=O) groups excluding carboxylic acids is 1. The first-order chi connectivity index (χ1) is 9.82. The highest BCUT2D eigenvalue weighted by Gasteiger charge is 2.38. The minimum atomic E-state index is -1.04. The van der Waals surface area contributed by atoms with Gasteiger partial charge in [-0.15, -0.1) is 0 Å². The van der Waals surface area contributed by atoms with Crippen LogP contribution in [0.1, 0.15) is 42.3 Å². The zero-order valence-electron chi connectivity index (χ0n) is 13.3. The summed E-state index contributed by atoms with van der Waals surface area (Å²) in [7, 11) is 0. The number of nitrogens with zero attached hydrogens (tertiary/aromatic N) is 1. The van der Waals surface area contributed by atoms with E-state index in [0.717, 1.165) is 28.9 Å². The van der Waals surface area contributed by atoms with Crippen LogP contribution in [0.4, 0.5) is 4.39 Å². The molecule has 0 aromatic heterocycles. The molecule has 116 valence electrons. The highest BCUT2D eigenvalue weighted by atomic mass is 19.1. The average molecular weight is 293 g/mol. The van der Waals surface area contributed by atoms with Crippen molar-refractivity contribution in [1.29, 1.82) is 0 Å². The smallest absolute Gasteiger partial charge is 0.160 e. The molecule has 1 aliphatic rings. The van der Waals surface area contributed by atoms with Crippen LogP contribution in [-0.2, 0) is 6.42 Å². The van der Waals surface area contributed by atoms with Crippen molar-refractivity contribution < 1.29 is 13.9 Å². The molecule has 21 heavy (non-hydrogen) atoms. The Kier molecular flexibility index (Phi) is 4.67. The van der Waals surface area contributed by atoms with E-state index in [4.69, 9.17) is 4.74 Å². The first-order valence-corrected chi connectivity index (χ1v) is 7.51. The largest absolute Gasteiger partial charge is 0.492 e. The highest BCUT2D eigenvalue weighted by molar-refractivity contribution is 5.96. The van der Waals surface area contributed by atoms with Gasteiger partial charge in [0.05, 0.1) is 0 Å². The summed E-state index contributed by atoms with van der Waals surface area (Å²) in [5, 5.41) is 0. The van der Waals surface area contributed by atoms with Crippen molar-refractivity contribution in [3.63, 3.8) is 0 Å². The van der Waals surface area contributed by atoms with Gasteiger partial charge in [0.15, 0.2) is 5.78 Å². The van der Waals surface area contributed by atoms with E-state index in [0.29, 0.717) is 26.2 Å². The molecule has 1 aromatic carbocycles. The van der Waals surface area contributed by atoms with Crippen LogP contribution in [0.5, 0.6) is 5.75 Å². The Labute approximate surface area is 126 Å².